The Kier molecular flexibility index (Phi) is 6.85. The summed E-state index contributed by atoms with van der Waals surface area (Å²) in [7, 11) is -4.94. The zero-order valence-electron chi connectivity index (χ0n) is 15.6. The Balaban J connectivity index is 0.000000465. The molecule has 9 heteroatoms. The lowest BCUT2D eigenvalue weighted by atomic mass is 10.0. The number of aromatic nitrogens is 1. The van der Waals surface area contributed by atoms with Crippen molar-refractivity contribution < 1.29 is 33.3 Å². The number of hydrogen-bond acceptors (Lipinski definition) is 7. The van der Waals surface area contributed by atoms with E-state index >= 15 is 0 Å². The quantitative estimate of drug-likeness (QED) is 0.546. The van der Waals surface area contributed by atoms with Crippen LogP contribution >= 0.6 is 0 Å². The van der Waals surface area contributed by atoms with E-state index < -0.39 is 10.2 Å². The van der Waals surface area contributed by atoms with Crippen molar-refractivity contribution in [1.82, 2.24) is 10.3 Å². The molecule has 0 aliphatic heterocycles. The van der Waals surface area contributed by atoms with Crippen molar-refractivity contribution in [2.24, 2.45) is 10.9 Å². The third kappa shape index (κ3) is 5.95. The van der Waals surface area contributed by atoms with Crippen molar-refractivity contribution in [2.45, 2.75) is 27.7 Å². The maximum absolute atomic E-state index is 8.49. The van der Waals surface area contributed by atoms with Gasteiger partial charge in [-0.1, -0.05) is 6.92 Å². The van der Waals surface area contributed by atoms with Crippen LogP contribution in [0, 0.1) is 16.2 Å². The Bertz CT molecular complexity index is 910. The number of nitrogens with zero attached hydrogens (tertiary/aromatic N) is 2. The second-order valence-electron chi connectivity index (χ2n) is 6.01. The van der Waals surface area contributed by atoms with E-state index in [-0.39, 0.29) is 0 Å². The van der Waals surface area contributed by atoms with Crippen LogP contribution in [0.4, 0.5) is 0 Å². The average Bonchev–Trinajstić information content (AvgIpc) is 2.54. The molecule has 1 unspecified atom stereocenters. The van der Waals surface area contributed by atoms with Crippen LogP contribution in [-0.2, 0) is 0 Å². The van der Waals surface area contributed by atoms with Gasteiger partial charge in [0, 0.05) is 24.7 Å². The van der Waals surface area contributed by atoms with Gasteiger partial charge in [0.05, 0.1) is 17.9 Å². The van der Waals surface area contributed by atoms with Crippen molar-refractivity contribution in [1.29, 1.82) is 0 Å². The molecule has 146 valence electrons. The Morgan fingerprint density at radius 3 is 2.44 bits per heavy atom. The third-order valence-electron chi connectivity index (χ3n) is 3.89. The molecule has 0 saturated carbocycles. The van der Waals surface area contributed by atoms with Gasteiger partial charge in [-0.2, -0.15) is 0 Å². The van der Waals surface area contributed by atoms with E-state index in [1.165, 1.54) is 5.70 Å². The molecule has 0 aromatic carbocycles. The van der Waals surface area contributed by atoms with Crippen molar-refractivity contribution in [3.8, 4) is 0 Å². The van der Waals surface area contributed by atoms with Crippen LogP contribution < -0.4 is 34.7 Å². The van der Waals surface area contributed by atoms with Gasteiger partial charge in [-0.3, -0.25) is 4.99 Å². The van der Waals surface area contributed by atoms with E-state index in [0.717, 1.165) is 46.6 Å². The first kappa shape index (κ1) is 21.2. The first-order valence-electron chi connectivity index (χ1n) is 8.50. The molecule has 2 aliphatic rings. The molecule has 2 aliphatic carbocycles. The van der Waals surface area contributed by atoms with E-state index in [1.807, 2.05) is 13.0 Å². The van der Waals surface area contributed by atoms with Crippen LogP contribution in [0.1, 0.15) is 39.1 Å². The van der Waals surface area contributed by atoms with Gasteiger partial charge in [-0.05, 0) is 38.5 Å². The minimum atomic E-state index is -4.94. The number of halogens is 1. The van der Waals surface area contributed by atoms with Crippen molar-refractivity contribution in [2.75, 3.05) is 13.1 Å². The standard InChI is InChI=1S/C18H22N3O.ClHO4/c1-5-19-13-9-17-15(7-11(13)3)21-16-8-12(4)14(20-6-2)10-18(16)22-17;2-1(3,4)5/h7-11,19H,5-6H2,1-4H3;(H,2,3,4,5)/q+1;/p-1/b20-14-;. The number of aliphatic imine (C=N–C) groups is 1. The van der Waals surface area contributed by atoms with Crippen LogP contribution in [0.5, 0.6) is 0 Å². The Morgan fingerprint density at radius 1 is 1.19 bits per heavy atom. The number of rotatable bonds is 3. The largest absolute Gasteiger partial charge is 0.388 e. The number of fused-ring (bicyclic) bond motifs is 2. The van der Waals surface area contributed by atoms with Crippen LogP contribution in [-0.4, -0.2) is 23.8 Å². The Morgan fingerprint density at radius 2 is 1.85 bits per heavy atom. The van der Waals surface area contributed by atoms with E-state index in [4.69, 9.17) is 28.0 Å². The van der Waals surface area contributed by atoms with Crippen LogP contribution in [0.2, 0.25) is 0 Å². The highest BCUT2D eigenvalue weighted by molar-refractivity contribution is 6.23. The predicted octanol–water partition coefficient (Wildman–Crippen LogP) is -2.76. The summed E-state index contributed by atoms with van der Waals surface area (Å²) in [5, 5.41) is 4.31. The van der Waals surface area contributed by atoms with Gasteiger partial charge in [0.2, 0.25) is 0 Å². The second kappa shape index (κ2) is 8.73. The highest BCUT2D eigenvalue weighted by atomic mass is 35.7. The molecular weight excluding hydrogens is 374 g/mol. The topological polar surface area (TPSA) is 141 Å². The van der Waals surface area contributed by atoms with Crippen molar-refractivity contribution in [3.63, 3.8) is 0 Å². The third-order valence-corrected chi connectivity index (χ3v) is 3.89. The van der Waals surface area contributed by atoms with Crippen LogP contribution in [0.15, 0.2) is 20.7 Å². The molecule has 0 radical (unpaired) electrons. The normalized spacial score (nSPS) is 19.4. The lowest BCUT2D eigenvalue weighted by molar-refractivity contribution is -2.00. The first-order valence-corrected chi connectivity index (χ1v) is 9.73. The lowest BCUT2D eigenvalue weighted by Crippen LogP contribution is -2.68. The maximum atomic E-state index is 8.49. The summed E-state index contributed by atoms with van der Waals surface area (Å²) in [4.78, 5) is 9.26. The molecule has 0 bridgehead atoms. The molecule has 0 fully saturated rings. The fourth-order valence-corrected chi connectivity index (χ4v) is 2.77. The van der Waals surface area contributed by atoms with E-state index in [0.29, 0.717) is 5.92 Å². The highest BCUT2D eigenvalue weighted by Gasteiger charge is 2.24. The molecular formula is C18H22ClN3O5. The minimum Gasteiger partial charge on any atom is -0.388 e. The van der Waals surface area contributed by atoms with Gasteiger partial charge in [0.25, 0.3) is 0 Å². The average molecular weight is 396 g/mol. The molecule has 1 atom stereocenters. The lowest BCUT2D eigenvalue weighted by Gasteiger charge is -2.17. The monoisotopic (exact) mass is 395 g/mol. The zero-order chi connectivity index (χ0) is 20.2. The molecule has 3 rings (SSSR count). The van der Waals surface area contributed by atoms with E-state index in [1.54, 1.807) is 0 Å². The smallest absolute Gasteiger partial charge is 0.381 e. The number of allylic oxidation sites excluding steroid dienone is 2. The van der Waals surface area contributed by atoms with E-state index in [9.17, 15) is 0 Å². The molecule has 1 aromatic heterocycles. The zero-order valence-corrected chi connectivity index (χ0v) is 16.4. The summed E-state index contributed by atoms with van der Waals surface area (Å²) in [6.07, 6.45) is 8.25. The predicted molar refractivity (Wildman–Crippen MR) is 91.5 cm³/mol. The van der Waals surface area contributed by atoms with Crippen LogP contribution in [0.25, 0.3) is 24.3 Å². The molecule has 1 N–H and O–H groups in total. The molecule has 0 amide bonds. The molecule has 8 nitrogen and oxygen atoms in total. The molecule has 0 saturated heterocycles. The van der Waals surface area contributed by atoms with Gasteiger partial charge in [-0.25, -0.2) is 28.0 Å². The molecule has 1 aromatic rings. The number of nitrogens with one attached hydrogen (secondary N) is 1. The van der Waals surface area contributed by atoms with Gasteiger partial charge in [0.1, 0.15) is 0 Å². The van der Waals surface area contributed by atoms with Gasteiger partial charge in [-0.15, -0.1) is 10.2 Å². The SMILES string of the molecule is CC/N=C1/C=c2[o+]c3c(nc2C=C1C)=CC(C)C(NCC)=C3.[O-][Cl+3]([O-])([O-])[O-]. The highest BCUT2D eigenvalue weighted by Crippen LogP contribution is 2.17. The van der Waals surface area contributed by atoms with Gasteiger partial charge in [0.15, 0.2) is 11.0 Å². The van der Waals surface area contributed by atoms with Gasteiger partial charge >= 0.3 is 11.2 Å². The van der Waals surface area contributed by atoms with Crippen LogP contribution in [0.3, 0.4) is 0 Å². The van der Waals surface area contributed by atoms with Crippen molar-refractivity contribution in [3.05, 3.63) is 33.5 Å². The summed E-state index contributed by atoms with van der Waals surface area (Å²) in [5.74, 6) is 1.14. The Labute approximate surface area is 159 Å². The molecule has 27 heavy (non-hydrogen) atoms. The fourth-order valence-electron chi connectivity index (χ4n) is 2.77. The Hall–Kier alpha value is -2.10. The van der Waals surface area contributed by atoms with E-state index in [2.05, 4.69) is 49.3 Å². The molecule has 0 spiro atoms. The fraction of sp³-hybridized carbons (Fsp3) is 0.389. The molecule has 1 heterocycles. The second-order valence-corrected chi connectivity index (χ2v) is 6.76. The summed E-state index contributed by atoms with van der Waals surface area (Å²) in [5.41, 5.74) is 4.95. The minimum absolute atomic E-state index is 0.322. The summed E-state index contributed by atoms with van der Waals surface area (Å²) in [6, 6.07) is 0. The summed E-state index contributed by atoms with van der Waals surface area (Å²) in [6.45, 7) is 10.0. The summed E-state index contributed by atoms with van der Waals surface area (Å²) < 4.78 is 40.1. The first-order chi connectivity index (χ1) is 12.6. The van der Waals surface area contributed by atoms with Crippen molar-refractivity contribution >= 4 is 30.0 Å². The van der Waals surface area contributed by atoms with Gasteiger partial charge < -0.3 is 5.32 Å². The maximum Gasteiger partial charge on any atom is 0.381 e. The summed E-state index contributed by atoms with van der Waals surface area (Å²) >= 11 is 0. The number of hydrogen-bond donors (Lipinski definition) is 1.